The Kier molecular flexibility index (Phi) is 34.7. The van der Waals surface area contributed by atoms with Crippen LogP contribution in [0.4, 0.5) is 22.9 Å². The van der Waals surface area contributed by atoms with E-state index in [4.69, 9.17) is 0 Å². The molecule has 0 saturated carbocycles. The highest BCUT2D eigenvalue weighted by Gasteiger charge is 2.11. The Labute approximate surface area is 407 Å². The predicted octanol–water partition coefficient (Wildman–Crippen LogP) is 13.9. The molecule has 4 N–H and O–H groups in total. The van der Waals surface area contributed by atoms with Gasteiger partial charge in [0, 0.05) is 93.6 Å². The van der Waals surface area contributed by atoms with E-state index in [2.05, 4.69) is 81.5 Å². The third kappa shape index (κ3) is 21.5. The van der Waals surface area contributed by atoms with E-state index >= 15 is 0 Å². The Morgan fingerprint density at radius 2 is 0.821 bits per heavy atom. The van der Waals surface area contributed by atoms with E-state index in [0.29, 0.717) is 0 Å². The van der Waals surface area contributed by atoms with Crippen LogP contribution >= 0.6 is 0 Å². The second-order valence-corrected chi connectivity index (χ2v) is 14.1. The second kappa shape index (κ2) is 39.3. The van der Waals surface area contributed by atoms with Crippen molar-refractivity contribution in [1.82, 2.24) is 29.9 Å². The fourth-order valence-electron chi connectivity index (χ4n) is 7.43. The highest BCUT2D eigenvalue weighted by molar-refractivity contribution is 5.54. The first-order valence-electron chi connectivity index (χ1n) is 25.8. The van der Waals surface area contributed by atoms with Crippen molar-refractivity contribution in [3.8, 4) is 0 Å². The van der Waals surface area contributed by atoms with Gasteiger partial charge in [0.15, 0.2) is 0 Å². The first kappa shape index (κ1) is 59.1. The van der Waals surface area contributed by atoms with Gasteiger partial charge in [0.05, 0.1) is 23.3 Å². The van der Waals surface area contributed by atoms with Crippen LogP contribution in [0, 0.1) is 0 Å². The topological polar surface area (TPSA) is 125 Å². The second-order valence-electron chi connectivity index (χ2n) is 14.1. The van der Waals surface area contributed by atoms with Gasteiger partial charge in [-0.25, -0.2) is 4.98 Å². The van der Waals surface area contributed by atoms with Crippen LogP contribution in [0.1, 0.15) is 147 Å². The molecular weight excluding hydrogens is 825 g/mol. The lowest BCUT2D eigenvalue weighted by Crippen LogP contribution is -2.12. The van der Waals surface area contributed by atoms with Crippen molar-refractivity contribution in [2.24, 2.45) is 0 Å². The number of anilines is 4. The van der Waals surface area contributed by atoms with Crippen molar-refractivity contribution in [2.75, 3.05) is 47.4 Å². The molecule has 10 heteroatoms. The summed E-state index contributed by atoms with van der Waals surface area (Å²) < 4.78 is 0. The van der Waals surface area contributed by atoms with Crippen LogP contribution in [0.25, 0.3) is 0 Å². The molecule has 0 radical (unpaired) electrons. The van der Waals surface area contributed by atoms with Gasteiger partial charge in [-0.3, -0.25) is 24.9 Å². The van der Waals surface area contributed by atoms with Crippen LogP contribution < -0.4 is 21.3 Å². The number of aryl methyl sites for hydroxylation is 5. The van der Waals surface area contributed by atoms with Gasteiger partial charge in [0.2, 0.25) is 0 Å². The average Bonchev–Trinajstić information content (AvgIpc) is 4.32. The highest BCUT2D eigenvalue weighted by Crippen LogP contribution is 2.22. The number of nitrogens with zero attached hydrogens (tertiary/aromatic N) is 6. The van der Waals surface area contributed by atoms with E-state index in [9.17, 15) is 0 Å². The summed E-state index contributed by atoms with van der Waals surface area (Å²) in [6, 6.07) is 18.5. The molecule has 67 heavy (non-hydrogen) atoms. The molecule has 0 spiro atoms. The Hall–Kier alpha value is -5.90. The van der Waals surface area contributed by atoms with Gasteiger partial charge < -0.3 is 21.3 Å². The lowest BCUT2D eigenvalue weighted by atomic mass is 10.1. The van der Waals surface area contributed by atoms with Gasteiger partial charge in [0.25, 0.3) is 0 Å². The molecular formula is C57H88N10. The lowest BCUT2D eigenvalue weighted by molar-refractivity contribution is 0.818. The molecule has 366 valence electrons. The van der Waals surface area contributed by atoms with Gasteiger partial charge in [-0.15, -0.1) is 0 Å². The van der Waals surface area contributed by atoms with Gasteiger partial charge in [-0.2, -0.15) is 0 Å². The van der Waals surface area contributed by atoms with Crippen LogP contribution in [-0.4, -0.2) is 56.1 Å². The molecule has 0 atom stereocenters. The Morgan fingerprint density at radius 1 is 0.313 bits per heavy atom. The van der Waals surface area contributed by atoms with Crippen molar-refractivity contribution in [3.05, 3.63) is 155 Å². The van der Waals surface area contributed by atoms with E-state index in [1.165, 1.54) is 113 Å². The molecule has 0 fully saturated rings. The summed E-state index contributed by atoms with van der Waals surface area (Å²) in [6.45, 7) is 28.3. The molecule has 0 aromatic carbocycles. The minimum absolute atomic E-state index is 1.05. The quantitative estimate of drug-likeness (QED) is 0.117. The largest absolute Gasteiger partial charge is 0.384 e. The van der Waals surface area contributed by atoms with E-state index in [1.54, 1.807) is 0 Å². The molecule has 0 bridgehead atoms. The van der Waals surface area contributed by atoms with E-state index < -0.39 is 0 Å². The molecule has 6 aliphatic rings. The summed E-state index contributed by atoms with van der Waals surface area (Å²) >= 11 is 0. The summed E-state index contributed by atoms with van der Waals surface area (Å²) in [6.07, 6.45) is 30.2. The third-order valence-corrected chi connectivity index (χ3v) is 10.3. The molecule has 2 aliphatic carbocycles. The molecule has 0 unspecified atom stereocenters. The average molecular weight is 913 g/mol. The van der Waals surface area contributed by atoms with Crippen LogP contribution in [0.15, 0.2) is 110 Å². The van der Waals surface area contributed by atoms with Crippen molar-refractivity contribution in [3.63, 3.8) is 0 Å². The van der Waals surface area contributed by atoms with Crippen molar-refractivity contribution in [2.45, 2.75) is 154 Å². The maximum Gasteiger partial charge on any atom is 0.129 e. The summed E-state index contributed by atoms with van der Waals surface area (Å²) in [5.74, 6) is 1.08. The first-order valence-corrected chi connectivity index (χ1v) is 25.8. The molecule has 0 saturated heterocycles. The number of aromatic nitrogens is 6. The number of fused-ring (bicyclic) bond motifs is 6. The zero-order valence-electron chi connectivity index (χ0n) is 43.7. The number of rotatable bonds is 0. The normalized spacial score (nSPS) is 13.0. The maximum atomic E-state index is 4.26. The minimum atomic E-state index is 1.05. The minimum Gasteiger partial charge on any atom is -0.384 e. The predicted molar refractivity (Wildman–Crippen MR) is 291 cm³/mol. The SMILES string of the molecule is CC.CC.CC.CC.CC.CC.c1cc2c(cn1)CCC2.c1cc2c(cn1)CCN2.c1cc2c(cn1)NCC2.c1cnc2c(c1)CCC2.c1cnc2c(c1)CCCN2.c1cnc2c(c1)NCC2. The van der Waals surface area contributed by atoms with E-state index in [-0.39, 0.29) is 0 Å². The van der Waals surface area contributed by atoms with E-state index in [0.717, 1.165) is 51.3 Å². The van der Waals surface area contributed by atoms with E-state index in [1.807, 2.05) is 163 Å². The smallest absolute Gasteiger partial charge is 0.129 e. The molecule has 0 amide bonds. The van der Waals surface area contributed by atoms with Gasteiger partial charge in [0.1, 0.15) is 5.82 Å². The maximum absolute atomic E-state index is 4.26. The van der Waals surface area contributed by atoms with Crippen LogP contribution in [-0.2, 0) is 51.4 Å². The molecule has 12 rings (SSSR count). The number of nitrogens with one attached hydrogen (secondary N) is 4. The van der Waals surface area contributed by atoms with Gasteiger partial charge >= 0.3 is 0 Å². The number of hydrogen-bond acceptors (Lipinski definition) is 10. The van der Waals surface area contributed by atoms with Crippen molar-refractivity contribution < 1.29 is 0 Å². The van der Waals surface area contributed by atoms with Crippen molar-refractivity contribution >= 4 is 22.9 Å². The monoisotopic (exact) mass is 913 g/mol. The fourth-order valence-corrected chi connectivity index (χ4v) is 7.43. The molecule has 6 aromatic rings. The third-order valence-electron chi connectivity index (χ3n) is 10.3. The standard InChI is InChI=1S/C8H10N2.2C8H9N.3C7H8N2.6C2H6/c1-3-7-4-2-6-10-8(7)9-5-1;1-3-7-4-2-6-9-8(7)5-1;1-2-7-4-5-9-6-8(7)3-1;1-4-9-7-2-3-8-5-6(1)7;1-3-8-5-7-6(1)2-4-9-7;1-2-6-7(8-4-1)3-5-9-6;6*1-2/h1,3,5H,2,4,6H2,(H,9,10);2,4,6H,1,3,5H2;4-6H,1-3H2;2-3,5,9H,1,4H2;1,3,5,9H,2,4H2;1-2,4,9H,3,5H2;6*1-2H3. The molecule has 4 aliphatic heterocycles. The Balaban J connectivity index is 0.000000384. The molecule has 6 aromatic heterocycles. The summed E-state index contributed by atoms with van der Waals surface area (Å²) in [4.78, 5) is 24.7. The lowest BCUT2D eigenvalue weighted by Gasteiger charge is -2.15. The zero-order valence-corrected chi connectivity index (χ0v) is 43.7. The van der Waals surface area contributed by atoms with Gasteiger partial charge in [-0.05, 0) is 140 Å². The Morgan fingerprint density at radius 3 is 1.48 bits per heavy atom. The van der Waals surface area contributed by atoms with Crippen LogP contribution in [0.2, 0.25) is 0 Å². The number of pyridine rings is 6. The summed E-state index contributed by atoms with van der Waals surface area (Å²) in [7, 11) is 0. The Bertz CT molecular complexity index is 1680. The number of hydrogen-bond donors (Lipinski definition) is 4. The summed E-state index contributed by atoms with van der Waals surface area (Å²) in [5.41, 5.74) is 14.7. The van der Waals surface area contributed by atoms with Crippen LogP contribution in [0.3, 0.4) is 0 Å². The van der Waals surface area contributed by atoms with Crippen LogP contribution in [0.5, 0.6) is 0 Å². The zero-order chi connectivity index (χ0) is 49.3. The summed E-state index contributed by atoms with van der Waals surface area (Å²) in [5, 5.41) is 13.0. The fraction of sp³-hybridized carbons (Fsp3) is 0.474. The molecule has 10 heterocycles. The first-order chi connectivity index (χ1) is 33.3. The van der Waals surface area contributed by atoms with Gasteiger partial charge in [-0.1, -0.05) is 95.2 Å². The molecule has 10 nitrogen and oxygen atoms in total. The highest BCUT2D eigenvalue weighted by atomic mass is 15.0. The van der Waals surface area contributed by atoms with Crippen molar-refractivity contribution in [1.29, 1.82) is 0 Å².